The minimum Gasteiger partial charge on any atom is -0.298 e. The Morgan fingerprint density at radius 2 is 2.00 bits per heavy atom. The minimum atomic E-state index is -0.797. The van der Waals surface area contributed by atoms with Crippen molar-refractivity contribution in [3.63, 3.8) is 0 Å². The molecule has 1 aliphatic carbocycles. The van der Waals surface area contributed by atoms with Crippen molar-refractivity contribution in [3.05, 3.63) is 35.5 Å². The lowest BCUT2D eigenvalue weighted by Crippen LogP contribution is -2.41. The van der Waals surface area contributed by atoms with Crippen LogP contribution in [-0.2, 0) is 0 Å². The van der Waals surface area contributed by atoms with Gasteiger partial charge < -0.3 is 0 Å². The quantitative estimate of drug-likeness (QED) is 0.709. The SMILES string of the molecule is CC.CC1CN(CC2=C(F)C=CCC=C2F)CCC1F. The Balaban J connectivity index is 0.000000956. The fourth-order valence-corrected chi connectivity index (χ4v) is 2.40. The van der Waals surface area contributed by atoms with E-state index in [2.05, 4.69) is 0 Å². The van der Waals surface area contributed by atoms with E-state index in [1.54, 1.807) is 6.08 Å². The maximum Gasteiger partial charge on any atom is 0.130 e. The molecule has 0 spiro atoms. The predicted octanol–water partition coefficient (Wildman–Crippen LogP) is 4.73. The normalized spacial score (nSPS) is 27.6. The van der Waals surface area contributed by atoms with Gasteiger partial charge in [0.15, 0.2) is 0 Å². The summed E-state index contributed by atoms with van der Waals surface area (Å²) in [4.78, 5) is 1.92. The van der Waals surface area contributed by atoms with Gasteiger partial charge in [-0.15, -0.1) is 0 Å². The van der Waals surface area contributed by atoms with Crippen molar-refractivity contribution in [3.8, 4) is 0 Å². The van der Waals surface area contributed by atoms with E-state index < -0.39 is 17.8 Å². The van der Waals surface area contributed by atoms with Crippen molar-refractivity contribution < 1.29 is 13.2 Å². The van der Waals surface area contributed by atoms with E-state index in [-0.39, 0.29) is 18.0 Å². The van der Waals surface area contributed by atoms with E-state index in [0.717, 1.165) is 0 Å². The van der Waals surface area contributed by atoms with Gasteiger partial charge in [0, 0.05) is 31.1 Å². The van der Waals surface area contributed by atoms with Crippen LogP contribution in [0, 0.1) is 5.92 Å². The van der Waals surface area contributed by atoms with Crippen molar-refractivity contribution in [1.82, 2.24) is 4.90 Å². The highest BCUT2D eigenvalue weighted by molar-refractivity contribution is 5.37. The maximum atomic E-state index is 13.7. The van der Waals surface area contributed by atoms with Gasteiger partial charge in [0.2, 0.25) is 0 Å². The van der Waals surface area contributed by atoms with Crippen molar-refractivity contribution in [1.29, 1.82) is 0 Å². The maximum absolute atomic E-state index is 13.7. The molecule has 1 nitrogen and oxygen atoms in total. The van der Waals surface area contributed by atoms with Gasteiger partial charge in [0.05, 0.1) is 0 Å². The molecule has 1 saturated heterocycles. The van der Waals surface area contributed by atoms with E-state index in [9.17, 15) is 13.2 Å². The third-order valence-corrected chi connectivity index (χ3v) is 3.54. The van der Waals surface area contributed by atoms with Crippen molar-refractivity contribution in [2.45, 2.75) is 39.8 Å². The molecule has 1 fully saturated rings. The Labute approximate surface area is 119 Å². The van der Waals surface area contributed by atoms with Crippen LogP contribution in [-0.4, -0.2) is 30.7 Å². The highest BCUT2D eigenvalue weighted by atomic mass is 19.1. The van der Waals surface area contributed by atoms with Gasteiger partial charge in [-0.1, -0.05) is 26.8 Å². The van der Waals surface area contributed by atoms with Crippen LogP contribution in [0.15, 0.2) is 35.5 Å². The van der Waals surface area contributed by atoms with Crippen molar-refractivity contribution >= 4 is 0 Å². The fraction of sp³-hybridized carbons (Fsp3) is 0.625. The van der Waals surface area contributed by atoms with Crippen molar-refractivity contribution in [2.24, 2.45) is 5.92 Å². The summed E-state index contributed by atoms with van der Waals surface area (Å²) in [7, 11) is 0. The van der Waals surface area contributed by atoms with Gasteiger partial charge in [0.1, 0.15) is 17.8 Å². The first-order valence-electron chi connectivity index (χ1n) is 7.35. The molecule has 2 aliphatic rings. The molecule has 0 aromatic heterocycles. The number of rotatable bonds is 2. The summed E-state index contributed by atoms with van der Waals surface area (Å²) < 4.78 is 40.7. The molecular weight excluding hydrogens is 263 g/mol. The number of piperidine rings is 1. The summed E-state index contributed by atoms with van der Waals surface area (Å²) in [5, 5.41) is 0. The molecule has 20 heavy (non-hydrogen) atoms. The van der Waals surface area contributed by atoms with Crippen LogP contribution in [0.4, 0.5) is 13.2 Å². The summed E-state index contributed by atoms with van der Waals surface area (Å²) >= 11 is 0. The molecule has 0 bridgehead atoms. The Kier molecular flexibility index (Phi) is 7.06. The van der Waals surface area contributed by atoms with E-state index in [0.29, 0.717) is 25.9 Å². The summed E-state index contributed by atoms with van der Waals surface area (Å²) in [6, 6.07) is 0. The molecule has 0 N–H and O–H groups in total. The zero-order chi connectivity index (χ0) is 15.1. The smallest absolute Gasteiger partial charge is 0.130 e. The van der Waals surface area contributed by atoms with Crippen LogP contribution < -0.4 is 0 Å². The lowest BCUT2D eigenvalue weighted by atomic mass is 9.97. The lowest BCUT2D eigenvalue weighted by Gasteiger charge is -2.33. The van der Waals surface area contributed by atoms with Crippen molar-refractivity contribution in [2.75, 3.05) is 19.6 Å². The molecule has 2 rings (SSSR count). The highest BCUT2D eigenvalue weighted by Crippen LogP contribution is 2.26. The molecule has 2 atom stereocenters. The molecule has 0 saturated carbocycles. The standard InChI is InChI=1S/C14H18F3N.C2H6/c1-10-8-18(7-6-12(10)15)9-11-13(16)4-2-3-5-14(11)17;1-2/h2,4-5,10,12H,3,6-9H2,1H3;1-2H3. The van der Waals surface area contributed by atoms with E-state index in [1.807, 2.05) is 25.7 Å². The molecule has 0 amide bonds. The van der Waals surface area contributed by atoms with Crippen LogP contribution in [0.1, 0.15) is 33.6 Å². The number of alkyl halides is 1. The Morgan fingerprint density at radius 1 is 1.30 bits per heavy atom. The first-order valence-corrected chi connectivity index (χ1v) is 7.35. The second kappa shape index (κ2) is 8.30. The third-order valence-electron chi connectivity index (χ3n) is 3.54. The second-order valence-electron chi connectivity index (χ2n) is 5.03. The van der Waals surface area contributed by atoms with Gasteiger partial charge in [0.25, 0.3) is 0 Å². The Bertz CT molecular complexity index is 399. The van der Waals surface area contributed by atoms with Crippen LogP contribution in [0.3, 0.4) is 0 Å². The molecule has 0 aromatic rings. The van der Waals surface area contributed by atoms with Crippen LogP contribution in [0.25, 0.3) is 0 Å². The summed E-state index contributed by atoms with van der Waals surface area (Å²) in [6.07, 6.45) is 4.34. The van der Waals surface area contributed by atoms with E-state index >= 15 is 0 Å². The zero-order valence-electron chi connectivity index (χ0n) is 12.5. The molecule has 0 aromatic carbocycles. The Hall–Kier alpha value is -1.03. The first-order chi connectivity index (χ1) is 9.58. The number of hydrogen-bond donors (Lipinski definition) is 0. The molecular formula is C16H24F3N. The number of nitrogens with zero attached hydrogens (tertiary/aromatic N) is 1. The van der Waals surface area contributed by atoms with Crippen LogP contribution >= 0.6 is 0 Å². The molecule has 1 aliphatic heterocycles. The molecule has 1 heterocycles. The summed E-state index contributed by atoms with van der Waals surface area (Å²) in [6.45, 7) is 7.16. The topological polar surface area (TPSA) is 3.24 Å². The summed E-state index contributed by atoms with van der Waals surface area (Å²) in [5.41, 5.74) is 0.0910. The summed E-state index contributed by atoms with van der Waals surface area (Å²) in [5.74, 6) is -1.08. The minimum absolute atomic E-state index is 0.0734. The van der Waals surface area contributed by atoms with Gasteiger partial charge in [-0.2, -0.15) is 0 Å². The zero-order valence-corrected chi connectivity index (χ0v) is 12.5. The van der Waals surface area contributed by atoms with Gasteiger partial charge in [-0.05, 0) is 25.0 Å². The molecule has 2 unspecified atom stereocenters. The van der Waals surface area contributed by atoms with E-state index in [4.69, 9.17) is 0 Å². The fourth-order valence-electron chi connectivity index (χ4n) is 2.40. The van der Waals surface area contributed by atoms with Crippen LogP contribution in [0.2, 0.25) is 0 Å². The Morgan fingerprint density at radius 3 is 2.65 bits per heavy atom. The van der Waals surface area contributed by atoms with Gasteiger partial charge >= 0.3 is 0 Å². The molecule has 4 heteroatoms. The highest BCUT2D eigenvalue weighted by Gasteiger charge is 2.27. The second-order valence-corrected chi connectivity index (χ2v) is 5.03. The average Bonchev–Trinajstić information content (AvgIpc) is 2.60. The monoisotopic (exact) mass is 287 g/mol. The lowest BCUT2D eigenvalue weighted by molar-refractivity contribution is 0.104. The number of hydrogen-bond acceptors (Lipinski definition) is 1. The van der Waals surface area contributed by atoms with E-state index in [1.165, 1.54) is 12.2 Å². The number of allylic oxidation sites excluding steroid dienone is 4. The third kappa shape index (κ3) is 4.51. The van der Waals surface area contributed by atoms with Gasteiger partial charge in [-0.25, -0.2) is 13.2 Å². The average molecular weight is 287 g/mol. The van der Waals surface area contributed by atoms with Gasteiger partial charge in [-0.3, -0.25) is 4.90 Å². The number of halogens is 3. The molecule has 114 valence electrons. The first kappa shape index (κ1) is 17.0. The number of likely N-dealkylation sites (tertiary alicyclic amines) is 1. The van der Waals surface area contributed by atoms with Crippen LogP contribution in [0.5, 0.6) is 0 Å². The largest absolute Gasteiger partial charge is 0.298 e. The molecule has 0 radical (unpaired) electrons. The predicted molar refractivity (Wildman–Crippen MR) is 77.5 cm³/mol.